The lowest BCUT2D eigenvalue weighted by atomic mass is 10.1. The van der Waals surface area contributed by atoms with E-state index in [1.807, 2.05) is 0 Å². The molecule has 2 rings (SSSR count). The Hall–Kier alpha value is -0.380. The van der Waals surface area contributed by atoms with Crippen LogP contribution in [0, 0.1) is 5.92 Å². The Balaban J connectivity index is 1.67. The number of thioether (sulfide) groups is 1. The maximum absolute atomic E-state index is 5.76. The van der Waals surface area contributed by atoms with E-state index in [-0.39, 0.29) is 0 Å². The lowest BCUT2D eigenvalue weighted by molar-refractivity contribution is 0.534. The third kappa shape index (κ3) is 3.40. The van der Waals surface area contributed by atoms with Gasteiger partial charge in [0.15, 0.2) is 5.96 Å². The second-order valence-corrected chi connectivity index (χ2v) is 5.38. The third-order valence-corrected chi connectivity index (χ3v) is 3.99. The van der Waals surface area contributed by atoms with Crippen molar-refractivity contribution in [3.05, 3.63) is 0 Å². The Morgan fingerprint density at radius 1 is 1.43 bits per heavy atom. The number of hydrogen-bond acceptors (Lipinski definition) is 2. The number of hydrogen-bond donors (Lipinski definition) is 2. The maximum atomic E-state index is 5.76. The first-order valence-corrected chi connectivity index (χ1v) is 6.64. The van der Waals surface area contributed by atoms with Gasteiger partial charge in [-0.25, -0.2) is 0 Å². The molecule has 3 N–H and O–H groups in total. The molecule has 80 valence electrons. The fourth-order valence-electron chi connectivity index (χ4n) is 1.66. The molecule has 1 heterocycles. The summed E-state index contributed by atoms with van der Waals surface area (Å²) < 4.78 is 0. The second kappa shape index (κ2) is 4.91. The van der Waals surface area contributed by atoms with Crippen LogP contribution in [-0.4, -0.2) is 30.1 Å². The van der Waals surface area contributed by atoms with Crippen molar-refractivity contribution in [2.24, 2.45) is 16.6 Å². The zero-order chi connectivity index (χ0) is 9.80. The molecule has 1 unspecified atom stereocenters. The summed E-state index contributed by atoms with van der Waals surface area (Å²) in [5.74, 6) is 4.01. The summed E-state index contributed by atoms with van der Waals surface area (Å²) in [4.78, 5) is 4.40. The minimum atomic E-state index is 0.625. The predicted octanol–water partition coefficient (Wildman–Crippen LogP) is 1.20. The van der Waals surface area contributed by atoms with Crippen LogP contribution >= 0.6 is 11.8 Å². The van der Waals surface area contributed by atoms with Crippen LogP contribution in [0.2, 0.25) is 0 Å². The van der Waals surface area contributed by atoms with Gasteiger partial charge in [0.05, 0.1) is 0 Å². The first kappa shape index (κ1) is 10.1. The van der Waals surface area contributed by atoms with Gasteiger partial charge in [0.25, 0.3) is 0 Å². The van der Waals surface area contributed by atoms with E-state index in [0.29, 0.717) is 12.0 Å². The molecule has 4 heteroatoms. The lowest BCUT2D eigenvalue weighted by Gasteiger charge is -2.19. The highest BCUT2D eigenvalue weighted by atomic mass is 32.2. The smallest absolute Gasteiger partial charge is 0.188 e. The van der Waals surface area contributed by atoms with Gasteiger partial charge in [0.1, 0.15) is 0 Å². The van der Waals surface area contributed by atoms with Crippen LogP contribution in [0.25, 0.3) is 0 Å². The molecule has 0 aromatic carbocycles. The van der Waals surface area contributed by atoms with E-state index in [1.54, 1.807) is 0 Å². The lowest BCUT2D eigenvalue weighted by Crippen LogP contribution is -2.34. The van der Waals surface area contributed by atoms with Crippen LogP contribution in [0.15, 0.2) is 4.99 Å². The molecule has 0 aromatic rings. The first-order chi connectivity index (χ1) is 6.84. The molecule has 3 nitrogen and oxygen atoms in total. The quantitative estimate of drug-likeness (QED) is 0.547. The van der Waals surface area contributed by atoms with Gasteiger partial charge in [0.2, 0.25) is 0 Å². The summed E-state index contributed by atoms with van der Waals surface area (Å²) in [6.45, 7) is 0.915. The van der Waals surface area contributed by atoms with E-state index < -0.39 is 0 Å². The number of nitrogens with zero attached hydrogens (tertiary/aromatic N) is 1. The number of rotatable bonds is 3. The molecule has 0 spiro atoms. The molecule has 1 atom stereocenters. The van der Waals surface area contributed by atoms with E-state index in [2.05, 4.69) is 22.1 Å². The van der Waals surface area contributed by atoms with Crippen LogP contribution in [-0.2, 0) is 0 Å². The van der Waals surface area contributed by atoms with E-state index in [9.17, 15) is 0 Å². The Morgan fingerprint density at radius 3 is 2.93 bits per heavy atom. The van der Waals surface area contributed by atoms with Gasteiger partial charge < -0.3 is 11.1 Å². The molecular formula is C10H19N3S. The molecule has 0 radical (unpaired) electrons. The van der Waals surface area contributed by atoms with Gasteiger partial charge in [0, 0.05) is 12.6 Å². The Labute approximate surface area is 89.9 Å². The highest BCUT2D eigenvalue weighted by Gasteiger charge is 2.21. The van der Waals surface area contributed by atoms with Gasteiger partial charge in [-0.1, -0.05) is 0 Å². The second-order valence-electron chi connectivity index (χ2n) is 4.23. The molecular weight excluding hydrogens is 194 g/mol. The summed E-state index contributed by atoms with van der Waals surface area (Å²) in [5.41, 5.74) is 5.76. The van der Waals surface area contributed by atoms with Crippen LogP contribution in [0.4, 0.5) is 0 Å². The van der Waals surface area contributed by atoms with Crippen LogP contribution in [0.3, 0.4) is 0 Å². The van der Waals surface area contributed by atoms with Crippen molar-refractivity contribution in [1.82, 2.24) is 5.32 Å². The van der Waals surface area contributed by atoms with Crippen LogP contribution in [0.1, 0.15) is 25.7 Å². The minimum Gasteiger partial charge on any atom is -0.370 e. The van der Waals surface area contributed by atoms with Crippen molar-refractivity contribution < 1.29 is 0 Å². The fourth-order valence-corrected chi connectivity index (χ4v) is 2.80. The summed E-state index contributed by atoms with van der Waals surface area (Å²) in [6.07, 6.45) is 5.19. The first-order valence-electron chi connectivity index (χ1n) is 5.49. The largest absolute Gasteiger partial charge is 0.370 e. The van der Waals surface area contributed by atoms with E-state index in [4.69, 9.17) is 5.73 Å². The maximum Gasteiger partial charge on any atom is 0.188 e. The summed E-state index contributed by atoms with van der Waals surface area (Å²) in [6, 6.07) is 0.625. The molecule has 1 saturated carbocycles. The normalized spacial score (nSPS) is 28.9. The standard InChI is InChI=1S/C10H19N3S/c11-10(13-9-3-4-9)12-6-8-2-1-5-14-7-8/h8-9H,1-7H2,(H3,11,12,13). The van der Waals surface area contributed by atoms with Crippen molar-refractivity contribution in [3.63, 3.8) is 0 Å². The number of nitrogens with two attached hydrogens (primary N) is 1. The average molecular weight is 213 g/mol. The van der Waals surface area contributed by atoms with E-state index in [1.165, 1.54) is 37.2 Å². The molecule has 1 saturated heterocycles. The fraction of sp³-hybridized carbons (Fsp3) is 0.900. The molecule has 1 aliphatic heterocycles. The monoisotopic (exact) mass is 213 g/mol. The summed E-state index contributed by atoms with van der Waals surface area (Å²) >= 11 is 2.05. The Morgan fingerprint density at radius 2 is 2.29 bits per heavy atom. The molecule has 0 aromatic heterocycles. The summed E-state index contributed by atoms with van der Waals surface area (Å²) in [7, 11) is 0. The average Bonchev–Trinajstić information content (AvgIpc) is 3.00. The van der Waals surface area contributed by atoms with E-state index >= 15 is 0 Å². The van der Waals surface area contributed by atoms with Crippen molar-refractivity contribution >= 4 is 17.7 Å². The zero-order valence-corrected chi connectivity index (χ0v) is 9.35. The van der Waals surface area contributed by atoms with Gasteiger partial charge in [-0.2, -0.15) is 11.8 Å². The van der Waals surface area contributed by atoms with Crippen LogP contribution < -0.4 is 11.1 Å². The molecule has 2 aliphatic rings. The van der Waals surface area contributed by atoms with E-state index in [0.717, 1.165) is 12.5 Å². The summed E-state index contributed by atoms with van der Waals surface area (Å²) in [5, 5.41) is 3.21. The molecule has 0 amide bonds. The number of guanidine groups is 1. The van der Waals surface area contributed by atoms with Crippen molar-refractivity contribution in [1.29, 1.82) is 0 Å². The van der Waals surface area contributed by atoms with Gasteiger partial charge in [-0.3, -0.25) is 4.99 Å². The van der Waals surface area contributed by atoms with Crippen molar-refractivity contribution in [2.75, 3.05) is 18.1 Å². The zero-order valence-electron chi connectivity index (χ0n) is 8.54. The van der Waals surface area contributed by atoms with Gasteiger partial charge >= 0.3 is 0 Å². The van der Waals surface area contributed by atoms with Crippen molar-refractivity contribution in [3.8, 4) is 0 Å². The van der Waals surface area contributed by atoms with Crippen LogP contribution in [0.5, 0.6) is 0 Å². The topological polar surface area (TPSA) is 50.4 Å². The Bertz CT molecular complexity index is 207. The molecule has 2 fully saturated rings. The van der Waals surface area contributed by atoms with Crippen molar-refractivity contribution in [2.45, 2.75) is 31.7 Å². The SMILES string of the molecule is NC(=NCC1CCCSC1)NC1CC1. The predicted molar refractivity (Wildman–Crippen MR) is 62.7 cm³/mol. The molecule has 1 aliphatic carbocycles. The van der Waals surface area contributed by atoms with Gasteiger partial charge in [-0.05, 0) is 43.1 Å². The molecule has 0 bridgehead atoms. The number of aliphatic imine (C=N–C) groups is 1. The highest BCUT2D eigenvalue weighted by Crippen LogP contribution is 2.22. The third-order valence-electron chi connectivity index (χ3n) is 2.70. The molecule has 14 heavy (non-hydrogen) atoms. The minimum absolute atomic E-state index is 0.625. The Kier molecular flexibility index (Phi) is 3.56. The van der Waals surface area contributed by atoms with Gasteiger partial charge in [-0.15, -0.1) is 0 Å². The number of nitrogens with one attached hydrogen (secondary N) is 1. The highest BCUT2D eigenvalue weighted by molar-refractivity contribution is 7.99.